The highest BCUT2D eigenvalue weighted by Crippen LogP contribution is 2.23. The van der Waals surface area contributed by atoms with Crippen molar-refractivity contribution in [3.63, 3.8) is 0 Å². The SMILES string of the molecule is CCC1CCCN1C(=O)Nc1cccc(F)c1C(=O)O. The van der Waals surface area contributed by atoms with Crippen molar-refractivity contribution in [1.29, 1.82) is 0 Å². The van der Waals surface area contributed by atoms with Crippen LogP contribution in [0, 0.1) is 5.82 Å². The molecule has 2 rings (SSSR count). The van der Waals surface area contributed by atoms with Crippen molar-refractivity contribution >= 4 is 17.7 Å². The fourth-order valence-electron chi connectivity index (χ4n) is 2.56. The van der Waals surface area contributed by atoms with E-state index < -0.39 is 17.3 Å². The van der Waals surface area contributed by atoms with Crippen LogP contribution >= 0.6 is 0 Å². The molecule has 1 aromatic rings. The zero-order valence-corrected chi connectivity index (χ0v) is 11.2. The molecule has 0 aliphatic carbocycles. The predicted molar refractivity (Wildman–Crippen MR) is 72.4 cm³/mol. The molecule has 20 heavy (non-hydrogen) atoms. The standard InChI is InChI=1S/C14H17FN2O3/c1-2-9-5-4-8-17(9)14(20)16-11-7-3-6-10(15)12(11)13(18)19/h3,6-7,9H,2,4-5,8H2,1H3,(H,16,20)(H,18,19). The second kappa shape index (κ2) is 5.90. The number of rotatable bonds is 3. The van der Waals surface area contributed by atoms with Crippen LogP contribution in [0.5, 0.6) is 0 Å². The molecule has 1 aliphatic heterocycles. The van der Waals surface area contributed by atoms with Gasteiger partial charge in [0.1, 0.15) is 11.4 Å². The zero-order chi connectivity index (χ0) is 14.7. The Hall–Kier alpha value is -2.11. The van der Waals surface area contributed by atoms with E-state index >= 15 is 0 Å². The van der Waals surface area contributed by atoms with E-state index in [1.54, 1.807) is 4.90 Å². The largest absolute Gasteiger partial charge is 0.478 e. The number of nitrogens with zero attached hydrogens (tertiary/aromatic N) is 1. The quantitative estimate of drug-likeness (QED) is 0.894. The van der Waals surface area contributed by atoms with E-state index in [0.29, 0.717) is 6.54 Å². The number of carbonyl (C=O) groups excluding carboxylic acids is 1. The number of halogens is 1. The average molecular weight is 280 g/mol. The molecule has 0 radical (unpaired) electrons. The first-order valence-corrected chi connectivity index (χ1v) is 6.64. The van der Waals surface area contributed by atoms with Crippen molar-refractivity contribution in [2.45, 2.75) is 32.2 Å². The third kappa shape index (κ3) is 2.74. The molecule has 0 bridgehead atoms. The van der Waals surface area contributed by atoms with Crippen LogP contribution in [-0.4, -0.2) is 34.6 Å². The highest BCUT2D eigenvalue weighted by molar-refractivity contribution is 6.00. The van der Waals surface area contributed by atoms with Gasteiger partial charge in [-0.3, -0.25) is 0 Å². The molecule has 0 spiro atoms. The number of nitrogens with one attached hydrogen (secondary N) is 1. The van der Waals surface area contributed by atoms with Gasteiger partial charge in [0, 0.05) is 12.6 Å². The molecule has 1 heterocycles. The first-order valence-electron chi connectivity index (χ1n) is 6.64. The lowest BCUT2D eigenvalue weighted by atomic mass is 10.1. The monoisotopic (exact) mass is 280 g/mol. The third-order valence-electron chi connectivity index (χ3n) is 3.58. The Balaban J connectivity index is 2.20. The molecule has 1 fully saturated rings. The first-order chi connectivity index (χ1) is 9.54. The molecular formula is C14H17FN2O3. The number of aromatic carboxylic acids is 1. The zero-order valence-electron chi connectivity index (χ0n) is 11.2. The van der Waals surface area contributed by atoms with Gasteiger partial charge in [-0.15, -0.1) is 0 Å². The molecule has 108 valence electrons. The van der Waals surface area contributed by atoms with Crippen molar-refractivity contribution in [1.82, 2.24) is 4.90 Å². The molecule has 2 N–H and O–H groups in total. The molecule has 5 nitrogen and oxygen atoms in total. The fourth-order valence-corrected chi connectivity index (χ4v) is 2.56. The van der Waals surface area contributed by atoms with Crippen molar-refractivity contribution in [3.05, 3.63) is 29.6 Å². The van der Waals surface area contributed by atoms with Crippen molar-refractivity contribution < 1.29 is 19.1 Å². The number of anilines is 1. The number of amides is 2. The van der Waals surface area contributed by atoms with Gasteiger partial charge in [0.25, 0.3) is 0 Å². The molecule has 0 aromatic heterocycles. The number of likely N-dealkylation sites (tertiary alicyclic amines) is 1. The van der Waals surface area contributed by atoms with E-state index in [9.17, 15) is 14.0 Å². The van der Waals surface area contributed by atoms with Crippen molar-refractivity contribution in [2.75, 3.05) is 11.9 Å². The second-order valence-corrected chi connectivity index (χ2v) is 4.80. The van der Waals surface area contributed by atoms with Gasteiger partial charge in [-0.1, -0.05) is 13.0 Å². The topological polar surface area (TPSA) is 69.6 Å². The minimum absolute atomic E-state index is 0.00995. The normalized spacial score (nSPS) is 18.1. The minimum atomic E-state index is -1.40. The number of hydrogen-bond donors (Lipinski definition) is 2. The minimum Gasteiger partial charge on any atom is -0.478 e. The number of urea groups is 1. The maximum atomic E-state index is 13.5. The summed E-state index contributed by atoms with van der Waals surface area (Å²) in [5.41, 5.74) is -0.516. The van der Waals surface area contributed by atoms with Crippen LogP contribution in [0.25, 0.3) is 0 Å². The van der Waals surface area contributed by atoms with Gasteiger partial charge in [-0.2, -0.15) is 0 Å². The summed E-state index contributed by atoms with van der Waals surface area (Å²) >= 11 is 0. The molecule has 2 amide bonds. The van der Waals surface area contributed by atoms with Gasteiger partial charge in [-0.05, 0) is 31.4 Å². The van der Waals surface area contributed by atoms with Gasteiger partial charge in [-0.25, -0.2) is 14.0 Å². The van der Waals surface area contributed by atoms with Crippen LogP contribution in [0.15, 0.2) is 18.2 Å². The van der Waals surface area contributed by atoms with Crippen LogP contribution in [0.3, 0.4) is 0 Å². The number of carbonyl (C=O) groups is 2. The summed E-state index contributed by atoms with van der Waals surface area (Å²) in [5.74, 6) is -2.25. The van der Waals surface area contributed by atoms with Crippen LogP contribution in [0.4, 0.5) is 14.9 Å². The molecular weight excluding hydrogens is 263 g/mol. The molecule has 1 saturated heterocycles. The Morgan fingerprint density at radius 1 is 1.50 bits per heavy atom. The fraction of sp³-hybridized carbons (Fsp3) is 0.429. The summed E-state index contributed by atoms with van der Waals surface area (Å²) in [7, 11) is 0. The second-order valence-electron chi connectivity index (χ2n) is 4.80. The van der Waals surface area contributed by atoms with Crippen LogP contribution in [-0.2, 0) is 0 Å². The van der Waals surface area contributed by atoms with Gasteiger partial charge >= 0.3 is 12.0 Å². The maximum absolute atomic E-state index is 13.5. The Kier molecular flexibility index (Phi) is 4.22. The van der Waals surface area contributed by atoms with Crippen molar-refractivity contribution in [3.8, 4) is 0 Å². The van der Waals surface area contributed by atoms with Gasteiger partial charge in [0.05, 0.1) is 5.69 Å². The van der Waals surface area contributed by atoms with E-state index in [4.69, 9.17) is 5.11 Å². The number of benzene rings is 1. The summed E-state index contributed by atoms with van der Waals surface area (Å²) in [4.78, 5) is 24.9. The first kappa shape index (κ1) is 14.3. The van der Waals surface area contributed by atoms with E-state index in [2.05, 4.69) is 5.32 Å². The smallest absolute Gasteiger partial charge is 0.340 e. The molecule has 1 unspecified atom stereocenters. The molecule has 1 aromatic carbocycles. The lowest BCUT2D eigenvalue weighted by Crippen LogP contribution is -2.38. The molecule has 6 heteroatoms. The van der Waals surface area contributed by atoms with Crippen LogP contribution in [0.2, 0.25) is 0 Å². The van der Waals surface area contributed by atoms with E-state index in [0.717, 1.165) is 25.3 Å². The van der Waals surface area contributed by atoms with Gasteiger partial charge in [0.2, 0.25) is 0 Å². The molecule has 1 atom stereocenters. The summed E-state index contributed by atoms with van der Waals surface area (Å²) in [6, 6.07) is 3.61. The number of hydrogen-bond acceptors (Lipinski definition) is 2. The van der Waals surface area contributed by atoms with Gasteiger partial charge < -0.3 is 15.3 Å². The number of carboxylic acid groups (broad SMARTS) is 1. The number of carboxylic acids is 1. The Morgan fingerprint density at radius 3 is 2.90 bits per heavy atom. The van der Waals surface area contributed by atoms with E-state index in [1.807, 2.05) is 6.92 Å². The average Bonchev–Trinajstić information content (AvgIpc) is 2.86. The third-order valence-corrected chi connectivity index (χ3v) is 3.58. The Bertz CT molecular complexity index is 533. The van der Waals surface area contributed by atoms with Crippen LogP contribution < -0.4 is 5.32 Å². The van der Waals surface area contributed by atoms with E-state index in [-0.39, 0.29) is 17.8 Å². The van der Waals surface area contributed by atoms with Crippen molar-refractivity contribution in [2.24, 2.45) is 0 Å². The summed E-state index contributed by atoms with van der Waals surface area (Å²) in [6.45, 7) is 2.64. The Labute approximate surface area is 116 Å². The predicted octanol–water partition coefficient (Wildman–Crippen LogP) is 2.93. The Morgan fingerprint density at radius 2 is 2.25 bits per heavy atom. The highest BCUT2D eigenvalue weighted by Gasteiger charge is 2.28. The summed E-state index contributed by atoms with van der Waals surface area (Å²) in [6.07, 6.45) is 2.72. The summed E-state index contributed by atoms with van der Waals surface area (Å²) < 4.78 is 13.5. The summed E-state index contributed by atoms with van der Waals surface area (Å²) in [5, 5.41) is 11.5. The maximum Gasteiger partial charge on any atom is 0.340 e. The van der Waals surface area contributed by atoms with Gasteiger partial charge in [0.15, 0.2) is 0 Å². The van der Waals surface area contributed by atoms with Crippen LogP contribution in [0.1, 0.15) is 36.5 Å². The lowest BCUT2D eigenvalue weighted by Gasteiger charge is -2.24. The molecule has 0 saturated carbocycles. The molecule has 1 aliphatic rings. The lowest BCUT2D eigenvalue weighted by molar-refractivity contribution is 0.0693. The highest BCUT2D eigenvalue weighted by atomic mass is 19.1. The van der Waals surface area contributed by atoms with E-state index in [1.165, 1.54) is 12.1 Å².